The van der Waals surface area contributed by atoms with Gasteiger partial charge >= 0.3 is 5.97 Å². The smallest absolute Gasteiger partial charge is 0.326 e. The Morgan fingerprint density at radius 3 is 2.64 bits per heavy atom. The van der Waals surface area contributed by atoms with E-state index in [1.165, 1.54) is 25.3 Å². The third-order valence-electron chi connectivity index (χ3n) is 5.88. The lowest BCUT2D eigenvalue weighted by Crippen LogP contribution is -2.36. The molecule has 2 aliphatic rings. The van der Waals surface area contributed by atoms with Crippen molar-refractivity contribution >= 4 is 35.0 Å². The van der Waals surface area contributed by atoms with Crippen LogP contribution in [0.3, 0.4) is 0 Å². The van der Waals surface area contributed by atoms with Crippen LogP contribution in [0.15, 0.2) is 69.2 Å². The second kappa shape index (κ2) is 11.3. The summed E-state index contributed by atoms with van der Waals surface area (Å²) in [6.07, 6.45) is 3.12. The largest absolute Gasteiger partial charge is 0.480 e. The molecule has 1 unspecified atom stereocenters. The first-order chi connectivity index (χ1) is 17.4. The van der Waals surface area contributed by atoms with E-state index in [9.17, 15) is 14.7 Å². The molecular formula is C25H28ClN5O5. The van der Waals surface area contributed by atoms with Gasteiger partial charge in [-0.1, -0.05) is 23.7 Å². The molecule has 0 aliphatic carbocycles. The summed E-state index contributed by atoms with van der Waals surface area (Å²) in [5.74, 6) is -0.832. The number of nitrogens with one attached hydrogen (secondary N) is 2. The van der Waals surface area contributed by atoms with Gasteiger partial charge in [-0.2, -0.15) is 0 Å². The Bertz CT molecular complexity index is 1260. The van der Waals surface area contributed by atoms with E-state index in [1.807, 2.05) is 19.2 Å². The third-order valence-corrected chi connectivity index (χ3v) is 6.18. The molecule has 1 aromatic carbocycles. The van der Waals surface area contributed by atoms with Gasteiger partial charge in [0, 0.05) is 37.6 Å². The fourth-order valence-corrected chi connectivity index (χ4v) is 4.21. The van der Waals surface area contributed by atoms with Gasteiger partial charge < -0.3 is 30.1 Å². The number of ether oxygens (including phenoxy) is 2. The Hall–Kier alpha value is -3.76. The number of anilines is 1. The maximum Gasteiger partial charge on any atom is 0.326 e. The van der Waals surface area contributed by atoms with E-state index in [-0.39, 0.29) is 11.8 Å². The van der Waals surface area contributed by atoms with Gasteiger partial charge in [0.05, 0.1) is 36.7 Å². The number of hydrogen-bond acceptors (Lipinski definition) is 8. The minimum atomic E-state index is -1.12. The number of benzene rings is 1. The Kier molecular flexibility index (Phi) is 7.97. The lowest BCUT2D eigenvalue weighted by Gasteiger charge is -2.29. The lowest BCUT2D eigenvalue weighted by molar-refractivity contribution is -0.140. The predicted octanol–water partition coefficient (Wildman–Crippen LogP) is 2.38. The zero-order chi connectivity index (χ0) is 25.7. The summed E-state index contributed by atoms with van der Waals surface area (Å²) in [4.78, 5) is 29.8. The number of carbonyl (C=O) groups is 1. The molecular weight excluding hydrogens is 486 g/mol. The molecule has 1 saturated heterocycles. The van der Waals surface area contributed by atoms with Crippen molar-refractivity contribution in [3.8, 4) is 5.75 Å². The highest BCUT2D eigenvalue weighted by Gasteiger charge is 2.18. The van der Waals surface area contributed by atoms with Crippen molar-refractivity contribution in [1.82, 2.24) is 15.2 Å². The number of nitrogens with zero attached hydrogens (tertiary/aromatic N) is 3. The second-order valence-corrected chi connectivity index (χ2v) is 8.67. The first-order valence-corrected chi connectivity index (χ1v) is 11.9. The average molecular weight is 514 g/mol. The number of amidine groups is 1. The number of allylic oxidation sites excluding steroid dienone is 2. The number of carboxylic acids is 1. The SMILES string of the molecule is CN/C(=C(Cl)\C=C1/CN=C(Oc2ccc(=O)n(C(C)C(=O)O)c2)N1)c1ccc(N2CCOCC2)cc1. The summed E-state index contributed by atoms with van der Waals surface area (Å²) >= 11 is 6.65. The van der Waals surface area contributed by atoms with Crippen molar-refractivity contribution in [2.24, 2.45) is 4.99 Å². The molecule has 0 radical (unpaired) electrons. The molecule has 0 saturated carbocycles. The molecule has 3 N–H and O–H groups in total. The number of pyridine rings is 1. The summed E-state index contributed by atoms with van der Waals surface area (Å²) in [7, 11) is 1.81. The number of aliphatic carboxylic acids is 1. The van der Waals surface area contributed by atoms with E-state index in [2.05, 4.69) is 32.7 Å². The lowest BCUT2D eigenvalue weighted by atomic mass is 10.1. The molecule has 2 aromatic rings. The fraction of sp³-hybridized carbons (Fsp3) is 0.320. The normalized spacial score (nSPS) is 18.2. The minimum absolute atomic E-state index is 0.222. The monoisotopic (exact) mass is 513 g/mol. The Balaban J connectivity index is 1.44. The van der Waals surface area contributed by atoms with E-state index >= 15 is 0 Å². The second-order valence-electron chi connectivity index (χ2n) is 8.26. The first-order valence-electron chi connectivity index (χ1n) is 11.5. The number of rotatable bonds is 7. The maximum atomic E-state index is 12.0. The van der Waals surface area contributed by atoms with E-state index < -0.39 is 17.6 Å². The van der Waals surface area contributed by atoms with E-state index in [4.69, 9.17) is 21.1 Å². The maximum absolute atomic E-state index is 12.0. The first kappa shape index (κ1) is 25.3. The van der Waals surface area contributed by atoms with E-state index in [0.717, 1.165) is 53.5 Å². The zero-order valence-corrected chi connectivity index (χ0v) is 20.8. The van der Waals surface area contributed by atoms with E-state index in [1.54, 1.807) is 6.08 Å². The Morgan fingerprint density at radius 2 is 1.97 bits per heavy atom. The van der Waals surface area contributed by atoms with Crippen LogP contribution in [0.4, 0.5) is 5.69 Å². The van der Waals surface area contributed by atoms with Crippen molar-refractivity contribution in [2.45, 2.75) is 13.0 Å². The van der Waals surface area contributed by atoms with Crippen molar-refractivity contribution in [3.05, 3.63) is 75.3 Å². The molecule has 1 fully saturated rings. The fourth-order valence-electron chi connectivity index (χ4n) is 3.88. The highest BCUT2D eigenvalue weighted by atomic mass is 35.5. The van der Waals surface area contributed by atoms with Crippen LogP contribution < -0.4 is 25.8 Å². The Morgan fingerprint density at radius 1 is 1.25 bits per heavy atom. The molecule has 0 amide bonds. The van der Waals surface area contributed by atoms with Gasteiger partial charge in [0.15, 0.2) is 0 Å². The quantitative estimate of drug-likeness (QED) is 0.516. The standard InChI is InChI=1S/C25H28ClN5O5/c1-16(24(33)34)31-15-20(7-8-22(31)32)36-25-28-14-18(29-25)13-21(26)23(27-2)17-3-5-19(6-4-17)30-9-11-35-12-10-30/h3-8,13,15-16,27H,9-12,14H2,1-2H3,(H,28,29)(H,33,34)/b18-13+,23-21+. The summed E-state index contributed by atoms with van der Waals surface area (Å²) < 4.78 is 12.2. The highest BCUT2D eigenvalue weighted by molar-refractivity contribution is 6.34. The summed E-state index contributed by atoms with van der Waals surface area (Å²) in [6, 6.07) is 10.1. The van der Waals surface area contributed by atoms with Crippen LogP contribution in [0.2, 0.25) is 0 Å². The molecule has 1 atom stereocenters. The van der Waals surface area contributed by atoms with Crippen molar-refractivity contribution in [3.63, 3.8) is 0 Å². The number of morpholine rings is 1. The van der Waals surface area contributed by atoms with Crippen LogP contribution in [0.1, 0.15) is 18.5 Å². The van der Waals surface area contributed by atoms with Crippen molar-refractivity contribution < 1.29 is 19.4 Å². The molecule has 3 heterocycles. The zero-order valence-electron chi connectivity index (χ0n) is 20.0. The third kappa shape index (κ3) is 5.89. The van der Waals surface area contributed by atoms with Crippen LogP contribution in [-0.4, -0.2) is 61.6 Å². The summed E-state index contributed by atoms with van der Waals surface area (Å²) in [5.41, 5.74) is 3.14. The van der Waals surface area contributed by atoms with Gasteiger partial charge in [-0.3, -0.25) is 9.36 Å². The van der Waals surface area contributed by atoms with Crippen molar-refractivity contribution in [2.75, 3.05) is 44.8 Å². The van der Waals surface area contributed by atoms with Crippen LogP contribution in [0, 0.1) is 0 Å². The molecule has 190 valence electrons. The summed E-state index contributed by atoms with van der Waals surface area (Å²) in [6.45, 7) is 4.95. The van der Waals surface area contributed by atoms with Gasteiger partial charge in [-0.25, -0.2) is 9.79 Å². The van der Waals surface area contributed by atoms with Crippen molar-refractivity contribution in [1.29, 1.82) is 0 Å². The van der Waals surface area contributed by atoms with Crippen LogP contribution in [0.5, 0.6) is 5.75 Å². The average Bonchev–Trinajstić information content (AvgIpc) is 3.32. The minimum Gasteiger partial charge on any atom is -0.480 e. The number of halogens is 1. The number of hydrogen-bond donors (Lipinski definition) is 3. The van der Waals surface area contributed by atoms with E-state index in [0.29, 0.717) is 11.6 Å². The molecule has 0 spiro atoms. The van der Waals surface area contributed by atoms with Crippen LogP contribution >= 0.6 is 11.6 Å². The molecule has 10 nitrogen and oxygen atoms in total. The molecule has 4 rings (SSSR count). The molecule has 36 heavy (non-hydrogen) atoms. The number of aliphatic imine (C=N–C) groups is 1. The molecule has 0 bridgehead atoms. The van der Waals surface area contributed by atoms with Crippen LogP contribution in [-0.2, 0) is 9.53 Å². The van der Waals surface area contributed by atoms with Crippen LogP contribution in [0.25, 0.3) is 5.70 Å². The van der Waals surface area contributed by atoms with Gasteiger partial charge in [-0.15, -0.1) is 0 Å². The predicted molar refractivity (Wildman–Crippen MR) is 139 cm³/mol. The topological polar surface area (TPSA) is 117 Å². The number of aromatic nitrogens is 1. The van der Waals surface area contributed by atoms with Gasteiger partial charge in [0.1, 0.15) is 11.8 Å². The summed E-state index contributed by atoms with van der Waals surface area (Å²) in [5, 5.41) is 15.9. The highest BCUT2D eigenvalue weighted by Crippen LogP contribution is 2.25. The number of carboxylic acid groups (broad SMARTS) is 1. The molecule has 11 heteroatoms. The molecule has 2 aliphatic heterocycles. The molecule has 1 aromatic heterocycles. The van der Waals surface area contributed by atoms with Gasteiger partial charge in [0.25, 0.3) is 11.6 Å². The Labute approximate surface area is 213 Å². The van der Waals surface area contributed by atoms with Gasteiger partial charge in [0.2, 0.25) is 0 Å². The van der Waals surface area contributed by atoms with Gasteiger partial charge in [-0.05, 0) is 36.8 Å².